The van der Waals surface area contributed by atoms with Gasteiger partial charge in [-0.1, -0.05) is 65.3 Å². The van der Waals surface area contributed by atoms with Crippen LogP contribution in [0, 0.1) is 0 Å². The summed E-state index contributed by atoms with van der Waals surface area (Å²) in [4.78, 5) is 20.6. The smallest absolute Gasteiger partial charge is 0.266 e. The van der Waals surface area contributed by atoms with Crippen molar-refractivity contribution >= 4 is 52.6 Å². The van der Waals surface area contributed by atoms with Gasteiger partial charge >= 0.3 is 0 Å². The second-order valence-corrected chi connectivity index (χ2v) is 8.89. The van der Waals surface area contributed by atoms with E-state index in [1.165, 1.54) is 0 Å². The summed E-state index contributed by atoms with van der Waals surface area (Å²) >= 11 is 13.9. The summed E-state index contributed by atoms with van der Waals surface area (Å²) in [5.41, 5.74) is 1.70. The average Bonchev–Trinajstić information content (AvgIpc) is 3.02. The van der Waals surface area contributed by atoms with Crippen LogP contribution in [-0.4, -0.2) is 54.4 Å². The maximum Gasteiger partial charge on any atom is 0.266 e. The number of nitrogens with zero attached hydrogens (tertiary/aromatic N) is 3. The molecule has 2 aliphatic heterocycles. The Hall–Kier alpha value is -1.50. The van der Waals surface area contributed by atoms with Crippen LogP contribution in [0.3, 0.4) is 0 Å². The Labute approximate surface area is 179 Å². The molecule has 0 N–H and O–H groups in total. The minimum absolute atomic E-state index is 0.00355. The fourth-order valence-corrected chi connectivity index (χ4v) is 5.00. The Morgan fingerprint density at radius 1 is 1.00 bits per heavy atom. The predicted octanol–water partition coefficient (Wildman–Crippen LogP) is 4.65. The van der Waals surface area contributed by atoms with E-state index in [0.717, 1.165) is 42.3 Å². The standard InChI is InChI=1S/C21H21Cl2N3OS/c1-24-9-11-25(12-10-24)21-26(16-7-8-17(22)18(23)14-16)20(27)19(28-21)13-15-5-3-2-4-6-15/h2-8,13-14,21H,9-12H2,1H3. The lowest BCUT2D eigenvalue weighted by molar-refractivity contribution is -0.114. The lowest BCUT2D eigenvalue weighted by Crippen LogP contribution is -2.53. The van der Waals surface area contributed by atoms with Crippen molar-refractivity contribution in [3.8, 4) is 0 Å². The van der Waals surface area contributed by atoms with Gasteiger partial charge in [0.1, 0.15) is 5.50 Å². The molecule has 2 heterocycles. The SMILES string of the molecule is CN1CCN(C2SC(=Cc3ccccc3)C(=O)N2c2ccc(Cl)c(Cl)c2)CC1. The Bertz CT molecular complexity index is 898. The number of likely N-dealkylation sites (N-methyl/N-ethyl adjacent to an activating group) is 1. The van der Waals surface area contributed by atoms with Crippen LogP contribution in [0.2, 0.25) is 10.0 Å². The third-order valence-electron chi connectivity index (χ3n) is 5.01. The molecule has 0 aromatic heterocycles. The van der Waals surface area contributed by atoms with E-state index in [-0.39, 0.29) is 11.4 Å². The highest BCUT2D eigenvalue weighted by Crippen LogP contribution is 2.42. The van der Waals surface area contributed by atoms with Crippen molar-refractivity contribution in [2.75, 3.05) is 38.1 Å². The van der Waals surface area contributed by atoms with Gasteiger partial charge in [-0.25, -0.2) is 0 Å². The van der Waals surface area contributed by atoms with E-state index in [9.17, 15) is 4.79 Å². The molecule has 146 valence electrons. The van der Waals surface area contributed by atoms with E-state index in [2.05, 4.69) is 16.8 Å². The fourth-order valence-electron chi connectivity index (χ4n) is 3.39. The number of piperazine rings is 1. The first kappa shape index (κ1) is 19.8. The van der Waals surface area contributed by atoms with Crippen LogP contribution in [0.1, 0.15) is 5.56 Å². The number of carbonyl (C=O) groups is 1. The van der Waals surface area contributed by atoms with Gasteiger partial charge in [-0.15, -0.1) is 0 Å². The van der Waals surface area contributed by atoms with Gasteiger partial charge in [-0.05, 0) is 36.9 Å². The van der Waals surface area contributed by atoms with Crippen molar-refractivity contribution in [3.63, 3.8) is 0 Å². The van der Waals surface area contributed by atoms with E-state index in [1.807, 2.05) is 47.4 Å². The van der Waals surface area contributed by atoms with Crippen molar-refractivity contribution in [3.05, 3.63) is 69.0 Å². The molecule has 0 radical (unpaired) electrons. The van der Waals surface area contributed by atoms with Gasteiger partial charge in [0.2, 0.25) is 0 Å². The van der Waals surface area contributed by atoms with E-state index in [1.54, 1.807) is 23.9 Å². The lowest BCUT2D eigenvalue weighted by atomic mass is 10.2. The zero-order valence-electron chi connectivity index (χ0n) is 15.5. The molecule has 1 unspecified atom stereocenters. The first-order chi connectivity index (χ1) is 13.5. The quantitative estimate of drug-likeness (QED) is 0.658. The number of hydrogen-bond acceptors (Lipinski definition) is 4. The van der Waals surface area contributed by atoms with Crippen LogP contribution in [0.15, 0.2) is 53.4 Å². The number of hydrogen-bond donors (Lipinski definition) is 0. The topological polar surface area (TPSA) is 26.8 Å². The molecule has 1 atom stereocenters. The van der Waals surface area contributed by atoms with Crippen LogP contribution in [0.5, 0.6) is 0 Å². The van der Waals surface area contributed by atoms with Gasteiger partial charge in [0.25, 0.3) is 5.91 Å². The van der Waals surface area contributed by atoms with Crippen molar-refractivity contribution in [2.24, 2.45) is 0 Å². The molecule has 4 rings (SSSR count). The molecule has 4 nitrogen and oxygen atoms in total. The molecule has 28 heavy (non-hydrogen) atoms. The first-order valence-corrected chi connectivity index (χ1v) is 10.8. The highest BCUT2D eigenvalue weighted by atomic mass is 35.5. The summed E-state index contributed by atoms with van der Waals surface area (Å²) in [5, 5.41) is 0.940. The molecular weight excluding hydrogens is 413 g/mol. The minimum atomic E-state index is -0.0894. The summed E-state index contributed by atoms with van der Waals surface area (Å²) < 4.78 is 0. The summed E-state index contributed by atoms with van der Waals surface area (Å²) in [5.74, 6) is -0.00355. The third-order valence-corrected chi connectivity index (χ3v) is 7.02. The molecule has 0 saturated carbocycles. The second kappa shape index (κ2) is 8.47. The number of benzene rings is 2. The number of anilines is 1. The number of thioether (sulfide) groups is 1. The van der Waals surface area contributed by atoms with Crippen LogP contribution in [0.25, 0.3) is 6.08 Å². The summed E-state index contributed by atoms with van der Waals surface area (Å²) in [6, 6.07) is 15.3. The fraction of sp³-hybridized carbons (Fsp3) is 0.286. The van der Waals surface area contributed by atoms with Gasteiger partial charge in [0.05, 0.1) is 15.0 Å². The van der Waals surface area contributed by atoms with Crippen LogP contribution in [0.4, 0.5) is 5.69 Å². The Morgan fingerprint density at radius 2 is 1.71 bits per heavy atom. The molecule has 7 heteroatoms. The monoisotopic (exact) mass is 433 g/mol. The molecule has 2 fully saturated rings. The Morgan fingerprint density at radius 3 is 2.39 bits per heavy atom. The summed E-state index contributed by atoms with van der Waals surface area (Å²) in [7, 11) is 2.13. The number of rotatable bonds is 3. The summed E-state index contributed by atoms with van der Waals surface area (Å²) in [6.45, 7) is 3.80. The van der Waals surface area contributed by atoms with Crippen LogP contribution >= 0.6 is 35.0 Å². The van der Waals surface area contributed by atoms with Crippen LogP contribution in [-0.2, 0) is 4.79 Å². The number of carbonyl (C=O) groups excluding carboxylic acids is 1. The van der Waals surface area contributed by atoms with Crippen molar-refractivity contribution in [1.82, 2.24) is 9.80 Å². The normalized spacial score (nSPS) is 23.0. The van der Waals surface area contributed by atoms with Crippen molar-refractivity contribution in [2.45, 2.75) is 5.50 Å². The van der Waals surface area contributed by atoms with Crippen molar-refractivity contribution < 1.29 is 4.79 Å². The van der Waals surface area contributed by atoms with E-state index < -0.39 is 0 Å². The number of amides is 1. The molecule has 0 aliphatic carbocycles. The highest BCUT2D eigenvalue weighted by Gasteiger charge is 2.41. The van der Waals surface area contributed by atoms with E-state index in [4.69, 9.17) is 23.2 Å². The van der Waals surface area contributed by atoms with Gasteiger partial charge in [0.15, 0.2) is 0 Å². The molecule has 2 aromatic carbocycles. The first-order valence-electron chi connectivity index (χ1n) is 9.17. The Balaban J connectivity index is 1.69. The zero-order chi connectivity index (χ0) is 19.7. The molecule has 2 aliphatic rings. The minimum Gasteiger partial charge on any atom is -0.304 e. The van der Waals surface area contributed by atoms with Crippen molar-refractivity contribution in [1.29, 1.82) is 0 Å². The van der Waals surface area contributed by atoms with Gasteiger partial charge < -0.3 is 4.90 Å². The highest BCUT2D eigenvalue weighted by molar-refractivity contribution is 8.05. The van der Waals surface area contributed by atoms with E-state index in [0.29, 0.717) is 10.0 Å². The second-order valence-electron chi connectivity index (χ2n) is 6.98. The zero-order valence-corrected chi connectivity index (χ0v) is 17.8. The largest absolute Gasteiger partial charge is 0.304 e. The Kier molecular flexibility index (Phi) is 5.99. The average molecular weight is 434 g/mol. The molecule has 0 spiro atoms. The molecule has 0 bridgehead atoms. The maximum atomic E-state index is 13.3. The molecular formula is C21H21Cl2N3OS. The lowest BCUT2D eigenvalue weighted by Gasteiger charge is -2.39. The van der Waals surface area contributed by atoms with Gasteiger partial charge in [-0.3, -0.25) is 14.6 Å². The van der Waals surface area contributed by atoms with Crippen LogP contribution < -0.4 is 4.90 Å². The summed E-state index contributed by atoms with van der Waals surface area (Å²) in [6.07, 6.45) is 1.97. The van der Waals surface area contributed by atoms with E-state index >= 15 is 0 Å². The molecule has 2 aromatic rings. The maximum absolute atomic E-state index is 13.3. The van der Waals surface area contributed by atoms with Gasteiger partial charge in [-0.2, -0.15) is 0 Å². The number of halogens is 2. The molecule has 1 amide bonds. The third kappa shape index (κ3) is 4.09. The van der Waals surface area contributed by atoms with Gasteiger partial charge in [0, 0.05) is 31.9 Å². The predicted molar refractivity (Wildman–Crippen MR) is 119 cm³/mol. The molecule has 2 saturated heterocycles.